The van der Waals surface area contributed by atoms with Gasteiger partial charge in [-0.25, -0.2) is 12.8 Å². The predicted octanol–water partition coefficient (Wildman–Crippen LogP) is 3.45. The predicted molar refractivity (Wildman–Crippen MR) is 103 cm³/mol. The molecule has 2 aromatic carbocycles. The van der Waals surface area contributed by atoms with Crippen molar-refractivity contribution in [2.24, 2.45) is 0 Å². The summed E-state index contributed by atoms with van der Waals surface area (Å²) in [4.78, 5) is 4.41. The first kappa shape index (κ1) is 19.5. The third-order valence-electron chi connectivity index (χ3n) is 4.94. The Morgan fingerprint density at radius 3 is 2.83 bits per heavy atom. The van der Waals surface area contributed by atoms with Crippen LogP contribution in [0.4, 0.5) is 4.39 Å². The highest BCUT2D eigenvalue weighted by Gasteiger charge is 2.33. The van der Waals surface area contributed by atoms with Gasteiger partial charge in [0.05, 0.1) is 17.9 Å². The largest absolute Gasteiger partial charge is 0.497 e. The van der Waals surface area contributed by atoms with Crippen LogP contribution in [0.25, 0.3) is 11.4 Å². The van der Waals surface area contributed by atoms with Gasteiger partial charge in [-0.05, 0) is 43.2 Å². The van der Waals surface area contributed by atoms with E-state index in [0.717, 1.165) is 18.1 Å². The minimum atomic E-state index is -3.79. The number of piperidine rings is 1. The number of hydrogen-bond acceptors (Lipinski definition) is 6. The summed E-state index contributed by atoms with van der Waals surface area (Å²) >= 11 is 0. The van der Waals surface area contributed by atoms with Crippen molar-refractivity contribution in [3.63, 3.8) is 0 Å². The molecule has 0 bridgehead atoms. The number of halogens is 1. The van der Waals surface area contributed by atoms with Crippen LogP contribution >= 0.6 is 0 Å². The number of nitrogens with zero attached hydrogens (tertiary/aromatic N) is 3. The summed E-state index contributed by atoms with van der Waals surface area (Å²) in [6.07, 6.45) is 1.38. The minimum absolute atomic E-state index is 0.0549. The lowest BCUT2D eigenvalue weighted by atomic mass is 10.00. The Morgan fingerprint density at radius 1 is 1.21 bits per heavy atom. The maximum atomic E-state index is 13.5. The van der Waals surface area contributed by atoms with E-state index < -0.39 is 15.8 Å². The molecule has 1 saturated heterocycles. The average Bonchev–Trinajstić information content (AvgIpc) is 3.24. The first-order valence-corrected chi connectivity index (χ1v) is 10.6. The number of benzene rings is 2. The summed E-state index contributed by atoms with van der Waals surface area (Å²) in [6, 6.07) is 12.3. The molecule has 1 aliphatic heterocycles. The molecule has 0 N–H and O–H groups in total. The summed E-state index contributed by atoms with van der Waals surface area (Å²) in [6.45, 7) is 0.574. The second kappa shape index (κ2) is 7.92. The van der Waals surface area contributed by atoms with Crippen molar-refractivity contribution in [3.8, 4) is 17.1 Å². The van der Waals surface area contributed by atoms with Gasteiger partial charge in [-0.1, -0.05) is 23.4 Å². The summed E-state index contributed by atoms with van der Waals surface area (Å²) in [5, 5.41) is 4.03. The Balaban J connectivity index is 1.55. The summed E-state index contributed by atoms with van der Waals surface area (Å²) in [5.74, 6) is 0.684. The normalized spacial score (nSPS) is 17.9. The molecule has 1 aliphatic rings. The van der Waals surface area contributed by atoms with E-state index in [9.17, 15) is 12.8 Å². The number of sulfonamides is 1. The molecule has 1 fully saturated rings. The molecule has 3 aromatic rings. The van der Waals surface area contributed by atoms with Gasteiger partial charge in [0.2, 0.25) is 21.7 Å². The van der Waals surface area contributed by atoms with Gasteiger partial charge in [0.25, 0.3) is 0 Å². The number of ether oxygens (including phenoxy) is 1. The molecule has 1 aromatic heterocycles. The molecule has 0 radical (unpaired) electrons. The van der Waals surface area contributed by atoms with Crippen molar-refractivity contribution in [3.05, 3.63) is 60.2 Å². The van der Waals surface area contributed by atoms with E-state index >= 15 is 0 Å². The number of methoxy groups -OCH3 is 1. The fraction of sp³-hybridized carbons (Fsp3) is 0.300. The fourth-order valence-corrected chi connectivity index (χ4v) is 4.98. The lowest BCUT2D eigenvalue weighted by Crippen LogP contribution is -2.39. The highest BCUT2D eigenvalue weighted by molar-refractivity contribution is 7.89. The first-order chi connectivity index (χ1) is 14.0. The SMILES string of the molecule is COc1cccc(-c2noc(C3CCCN(S(=O)(=O)c4cccc(F)c4)C3)n2)c1. The molecule has 0 aliphatic carbocycles. The first-order valence-electron chi connectivity index (χ1n) is 9.21. The van der Waals surface area contributed by atoms with Gasteiger partial charge in [-0.2, -0.15) is 9.29 Å². The quantitative estimate of drug-likeness (QED) is 0.632. The topological polar surface area (TPSA) is 85.5 Å². The van der Waals surface area contributed by atoms with Crippen LogP contribution in [0.1, 0.15) is 24.7 Å². The van der Waals surface area contributed by atoms with Crippen molar-refractivity contribution in [1.29, 1.82) is 0 Å². The van der Waals surface area contributed by atoms with Crippen LogP contribution < -0.4 is 4.74 Å². The van der Waals surface area contributed by atoms with Crippen molar-refractivity contribution < 1.29 is 22.1 Å². The number of hydrogen-bond donors (Lipinski definition) is 0. The van der Waals surface area contributed by atoms with Crippen molar-refractivity contribution in [1.82, 2.24) is 14.4 Å². The van der Waals surface area contributed by atoms with Crippen LogP contribution in [0.5, 0.6) is 5.75 Å². The van der Waals surface area contributed by atoms with Crippen molar-refractivity contribution in [2.75, 3.05) is 20.2 Å². The van der Waals surface area contributed by atoms with E-state index in [1.54, 1.807) is 13.2 Å². The van der Waals surface area contributed by atoms with Gasteiger partial charge in [-0.15, -0.1) is 0 Å². The second-order valence-electron chi connectivity index (χ2n) is 6.85. The molecular weight excluding hydrogens is 397 g/mol. The zero-order valence-corrected chi connectivity index (χ0v) is 16.6. The monoisotopic (exact) mass is 417 g/mol. The molecule has 2 heterocycles. The Kier molecular flexibility index (Phi) is 5.33. The molecule has 0 saturated carbocycles. The Morgan fingerprint density at radius 2 is 2.03 bits per heavy atom. The second-order valence-corrected chi connectivity index (χ2v) is 8.79. The number of aromatic nitrogens is 2. The maximum Gasteiger partial charge on any atom is 0.243 e. The van der Waals surface area contributed by atoms with Gasteiger partial charge < -0.3 is 9.26 Å². The van der Waals surface area contributed by atoms with Crippen molar-refractivity contribution >= 4 is 10.0 Å². The molecule has 9 heteroatoms. The van der Waals surface area contributed by atoms with Crippen LogP contribution in [0.3, 0.4) is 0 Å². The van der Waals surface area contributed by atoms with E-state index in [-0.39, 0.29) is 17.4 Å². The molecule has 4 rings (SSSR count). The molecule has 29 heavy (non-hydrogen) atoms. The summed E-state index contributed by atoms with van der Waals surface area (Å²) in [5.41, 5.74) is 0.749. The van der Waals surface area contributed by atoms with Gasteiger partial charge in [0, 0.05) is 18.7 Å². The van der Waals surface area contributed by atoms with Crippen LogP contribution in [-0.2, 0) is 10.0 Å². The Labute approximate surface area is 168 Å². The third kappa shape index (κ3) is 4.01. The Hall–Kier alpha value is -2.78. The highest BCUT2D eigenvalue weighted by atomic mass is 32.2. The highest BCUT2D eigenvalue weighted by Crippen LogP contribution is 2.31. The summed E-state index contributed by atoms with van der Waals surface area (Å²) in [7, 11) is -2.21. The zero-order valence-electron chi connectivity index (χ0n) is 15.8. The average molecular weight is 417 g/mol. The molecule has 7 nitrogen and oxygen atoms in total. The van der Waals surface area contributed by atoms with E-state index in [0.29, 0.717) is 30.4 Å². The number of rotatable bonds is 5. The maximum absolute atomic E-state index is 13.5. The Bertz CT molecular complexity index is 1120. The smallest absolute Gasteiger partial charge is 0.243 e. The van der Waals surface area contributed by atoms with Crippen LogP contribution in [-0.4, -0.2) is 43.1 Å². The van der Waals surface area contributed by atoms with E-state index in [2.05, 4.69) is 10.1 Å². The molecular formula is C20H20FN3O4S. The zero-order chi connectivity index (χ0) is 20.4. The van der Waals surface area contributed by atoms with Gasteiger partial charge in [0.1, 0.15) is 11.6 Å². The van der Waals surface area contributed by atoms with Crippen LogP contribution in [0.15, 0.2) is 57.9 Å². The lowest BCUT2D eigenvalue weighted by Gasteiger charge is -2.30. The molecule has 0 spiro atoms. The standard InChI is InChI=1S/C20H20FN3O4S/c1-27-17-8-2-5-14(11-17)19-22-20(28-23-19)15-6-4-10-24(13-15)29(25,26)18-9-3-7-16(21)12-18/h2-3,5,7-9,11-12,15H,4,6,10,13H2,1H3. The third-order valence-corrected chi connectivity index (χ3v) is 6.80. The fourth-order valence-electron chi connectivity index (χ4n) is 3.42. The van der Waals surface area contributed by atoms with E-state index in [1.165, 1.54) is 22.5 Å². The van der Waals surface area contributed by atoms with Crippen LogP contribution in [0, 0.1) is 5.82 Å². The molecule has 152 valence electrons. The van der Waals surface area contributed by atoms with E-state index in [1.807, 2.05) is 18.2 Å². The van der Waals surface area contributed by atoms with Crippen molar-refractivity contribution in [2.45, 2.75) is 23.7 Å². The molecule has 1 atom stereocenters. The van der Waals surface area contributed by atoms with Gasteiger partial charge >= 0.3 is 0 Å². The van der Waals surface area contributed by atoms with Gasteiger partial charge in [-0.3, -0.25) is 0 Å². The summed E-state index contributed by atoms with van der Waals surface area (Å²) < 4.78 is 51.3. The minimum Gasteiger partial charge on any atom is -0.497 e. The molecule has 0 amide bonds. The van der Waals surface area contributed by atoms with Crippen LogP contribution in [0.2, 0.25) is 0 Å². The molecule has 1 unspecified atom stereocenters. The lowest BCUT2D eigenvalue weighted by molar-refractivity contribution is 0.265. The van der Waals surface area contributed by atoms with Gasteiger partial charge in [0.15, 0.2) is 0 Å². The van der Waals surface area contributed by atoms with E-state index in [4.69, 9.17) is 9.26 Å².